The molecule has 0 heterocycles. The molecule has 0 saturated heterocycles. The Morgan fingerprint density at radius 3 is 2.24 bits per heavy atom. The second-order valence-electron chi connectivity index (χ2n) is 6.43. The van der Waals surface area contributed by atoms with Gasteiger partial charge in [0.2, 0.25) is 5.75 Å². The largest absolute Gasteiger partial charge is 0.493 e. The molecular weight excluding hydrogens is 510 g/mol. The summed E-state index contributed by atoms with van der Waals surface area (Å²) in [4.78, 5) is 24.9. The lowest BCUT2D eigenvalue weighted by molar-refractivity contribution is -0.137. The van der Waals surface area contributed by atoms with Gasteiger partial charge in [0.1, 0.15) is 11.6 Å². The van der Waals surface area contributed by atoms with E-state index in [-0.39, 0.29) is 47.3 Å². The van der Waals surface area contributed by atoms with Crippen LogP contribution in [0.4, 0.5) is 0 Å². The maximum atomic E-state index is 13.0. The maximum Gasteiger partial charge on any atom is 0.348 e. The van der Waals surface area contributed by atoms with E-state index in [0.717, 1.165) is 0 Å². The lowest BCUT2D eigenvalue weighted by Crippen LogP contribution is -2.12. The number of methoxy groups -OCH3 is 3. The summed E-state index contributed by atoms with van der Waals surface area (Å²) in [7, 11) is 4.32. The Morgan fingerprint density at radius 1 is 0.971 bits per heavy atom. The van der Waals surface area contributed by atoms with Crippen LogP contribution in [0.3, 0.4) is 0 Å². The van der Waals surface area contributed by atoms with Gasteiger partial charge in [-0.05, 0) is 59.6 Å². The van der Waals surface area contributed by atoms with Crippen LogP contribution in [0.15, 0.2) is 34.3 Å². The summed E-state index contributed by atoms with van der Waals surface area (Å²) in [6.07, 6.45) is 1.36. The number of rotatable bonds is 10. The Hall–Kier alpha value is -3.71. The molecule has 0 radical (unpaired) electrons. The molecule has 0 unspecified atom stereocenters. The third-order valence-electron chi connectivity index (χ3n) is 4.39. The minimum absolute atomic E-state index is 0.134. The van der Waals surface area contributed by atoms with Crippen LogP contribution in [0.5, 0.6) is 28.7 Å². The van der Waals surface area contributed by atoms with Gasteiger partial charge in [-0.3, -0.25) is 0 Å². The smallest absolute Gasteiger partial charge is 0.348 e. The van der Waals surface area contributed by atoms with Crippen LogP contribution >= 0.6 is 15.9 Å². The fourth-order valence-electron chi connectivity index (χ4n) is 2.90. The standard InChI is InChI=1S/C24H24BrNO8/c1-6-32-18-11-14(10-15(13-26)23(27)33-7-2)8-9-17(18)34-24(28)16-12-19(29-3)21(30-4)22(31-5)20(16)25/h8-12H,6-7H2,1-5H3/b15-10+. The van der Waals surface area contributed by atoms with Gasteiger partial charge in [0.25, 0.3) is 0 Å². The molecule has 0 aliphatic rings. The van der Waals surface area contributed by atoms with E-state index < -0.39 is 11.9 Å². The van der Waals surface area contributed by atoms with Gasteiger partial charge < -0.3 is 28.4 Å². The van der Waals surface area contributed by atoms with Gasteiger partial charge >= 0.3 is 11.9 Å². The molecule has 34 heavy (non-hydrogen) atoms. The Labute approximate surface area is 205 Å². The molecule has 0 spiro atoms. The number of esters is 2. The molecule has 0 atom stereocenters. The summed E-state index contributed by atoms with van der Waals surface area (Å²) in [5.41, 5.74) is 0.451. The number of ether oxygens (including phenoxy) is 6. The number of carbonyl (C=O) groups excluding carboxylic acids is 2. The first-order valence-electron chi connectivity index (χ1n) is 10.1. The second-order valence-corrected chi connectivity index (χ2v) is 7.22. The summed E-state index contributed by atoms with van der Waals surface area (Å²) in [6.45, 7) is 3.85. The first-order chi connectivity index (χ1) is 16.3. The van der Waals surface area contributed by atoms with Gasteiger partial charge in [0, 0.05) is 0 Å². The number of hydrogen-bond acceptors (Lipinski definition) is 9. The topological polar surface area (TPSA) is 113 Å². The third-order valence-corrected chi connectivity index (χ3v) is 5.17. The van der Waals surface area contributed by atoms with Crippen molar-refractivity contribution in [2.45, 2.75) is 13.8 Å². The Kier molecular flexibility index (Phi) is 9.76. The van der Waals surface area contributed by atoms with Crippen molar-refractivity contribution in [3.8, 4) is 34.8 Å². The van der Waals surface area contributed by atoms with Gasteiger partial charge in [-0.25, -0.2) is 9.59 Å². The van der Waals surface area contributed by atoms with E-state index in [2.05, 4.69) is 15.9 Å². The lowest BCUT2D eigenvalue weighted by Gasteiger charge is -2.17. The predicted octanol–water partition coefficient (Wildman–Crippen LogP) is 4.56. The molecule has 2 aromatic carbocycles. The number of hydrogen-bond donors (Lipinski definition) is 0. The average Bonchev–Trinajstić information content (AvgIpc) is 2.83. The molecule has 0 saturated carbocycles. The van der Waals surface area contributed by atoms with E-state index in [1.165, 1.54) is 39.5 Å². The summed E-state index contributed by atoms with van der Waals surface area (Å²) < 4.78 is 32.4. The van der Waals surface area contributed by atoms with Crippen molar-refractivity contribution < 1.29 is 38.0 Å². The minimum Gasteiger partial charge on any atom is -0.493 e. The van der Waals surface area contributed by atoms with E-state index in [0.29, 0.717) is 15.8 Å². The molecule has 0 amide bonds. The van der Waals surface area contributed by atoms with Crippen molar-refractivity contribution >= 4 is 33.9 Å². The third kappa shape index (κ3) is 5.99. The molecule has 0 aliphatic carbocycles. The first kappa shape index (κ1) is 26.5. The van der Waals surface area contributed by atoms with Crippen LogP contribution in [-0.4, -0.2) is 46.5 Å². The van der Waals surface area contributed by atoms with Gasteiger partial charge in [0.05, 0.1) is 44.6 Å². The van der Waals surface area contributed by atoms with Crippen molar-refractivity contribution in [2.75, 3.05) is 34.5 Å². The molecule has 2 rings (SSSR count). The van der Waals surface area contributed by atoms with Gasteiger partial charge in [0.15, 0.2) is 23.0 Å². The van der Waals surface area contributed by atoms with Crippen LogP contribution < -0.4 is 23.7 Å². The van der Waals surface area contributed by atoms with Crippen molar-refractivity contribution in [1.82, 2.24) is 0 Å². The van der Waals surface area contributed by atoms with E-state index in [4.69, 9.17) is 28.4 Å². The zero-order valence-electron chi connectivity index (χ0n) is 19.4. The average molecular weight is 534 g/mol. The molecule has 2 aromatic rings. The fraction of sp³-hybridized carbons (Fsp3) is 0.292. The highest BCUT2D eigenvalue weighted by molar-refractivity contribution is 9.10. The summed E-state index contributed by atoms with van der Waals surface area (Å²) in [5.74, 6) is -0.196. The molecule has 0 bridgehead atoms. The van der Waals surface area contributed by atoms with Crippen LogP contribution in [0, 0.1) is 11.3 Å². The first-order valence-corrected chi connectivity index (χ1v) is 10.9. The van der Waals surface area contributed by atoms with Crippen LogP contribution in [0.1, 0.15) is 29.8 Å². The van der Waals surface area contributed by atoms with Crippen LogP contribution in [-0.2, 0) is 9.53 Å². The zero-order chi connectivity index (χ0) is 25.3. The Morgan fingerprint density at radius 2 is 1.68 bits per heavy atom. The molecule has 9 nitrogen and oxygen atoms in total. The second kappa shape index (κ2) is 12.5. The predicted molar refractivity (Wildman–Crippen MR) is 127 cm³/mol. The quantitative estimate of drug-likeness (QED) is 0.187. The van der Waals surface area contributed by atoms with Crippen molar-refractivity contribution in [1.29, 1.82) is 5.26 Å². The lowest BCUT2D eigenvalue weighted by atomic mass is 10.1. The number of carbonyl (C=O) groups is 2. The molecule has 180 valence electrons. The summed E-state index contributed by atoms with van der Waals surface area (Å²) in [5, 5.41) is 9.25. The molecule has 0 aromatic heterocycles. The molecular formula is C24H24BrNO8. The highest BCUT2D eigenvalue weighted by atomic mass is 79.9. The van der Waals surface area contributed by atoms with Crippen LogP contribution in [0.25, 0.3) is 6.08 Å². The Bertz CT molecular complexity index is 1140. The van der Waals surface area contributed by atoms with E-state index in [1.807, 2.05) is 6.07 Å². The van der Waals surface area contributed by atoms with Crippen molar-refractivity contribution in [3.63, 3.8) is 0 Å². The highest BCUT2D eigenvalue weighted by Gasteiger charge is 2.25. The Balaban J connectivity index is 2.45. The zero-order valence-corrected chi connectivity index (χ0v) is 21.0. The number of halogens is 1. The van der Waals surface area contributed by atoms with Crippen molar-refractivity contribution in [3.05, 3.63) is 45.4 Å². The van der Waals surface area contributed by atoms with Crippen LogP contribution in [0.2, 0.25) is 0 Å². The summed E-state index contributed by atoms with van der Waals surface area (Å²) >= 11 is 3.36. The normalized spacial score (nSPS) is 10.7. The molecule has 0 fully saturated rings. The van der Waals surface area contributed by atoms with E-state index >= 15 is 0 Å². The van der Waals surface area contributed by atoms with Crippen molar-refractivity contribution in [2.24, 2.45) is 0 Å². The number of benzene rings is 2. The van der Waals surface area contributed by atoms with Gasteiger partial charge in [-0.1, -0.05) is 6.07 Å². The monoisotopic (exact) mass is 533 g/mol. The highest BCUT2D eigenvalue weighted by Crippen LogP contribution is 2.45. The van der Waals surface area contributed by atoms with E-state index in [1.54, 1.807) is 26.0 Å². The van der Waals surface area contributed by atoms with E-state index in [9.17, 15) is 14.9 Å². The fourth-order valence-corrected chi connectivity index (χ4v) is 3.52. The minimum atomic E-state index is -0.731. The van der Waals surface area contributed by atoms with Gasteiger partial charge in [-0.2, -0.15) is 5.26 Å². The molecule has 0 N–H and O–H groups in total. The number of nitriles is 1. The SMILES string of the molecule is CCOC(=O)/C(C#N)=C/c1ccc(OC(=O)c2cc(OC)c(OC)c(OC)c2Br)c(OCC)c1. The molecule has 0 aliphatic heterocycles. The van der Waals surface area contributed by atoms with Gasteiger partial charge in [-0.15, -0.1) is 0 Å². The number of nitrogens with zero attached hydrogens (tertiary/aromatic N) is 1. The maximum absolute atomic E-state index is 13.0. The summed E-state index contributed by atoms with van der Waals surface area (Å²) in [6, 6.07) is 7.90. The molecule has 10 heteroatoms.